The van der Waals surface area contributed by atoms with Crippen molar-refractivity contribution in [2.45, 2.75) is 38.5 Å². The fourth-order valence-electron chi connectivity index (χ4n) is 3.18. The lowest BCUT2D eigenvalue weighted by Crippen LogP contribution is -2.41. The van der Waals surface area contributed by atoms with Gasteiger partial charge in [-0.05, 0) is 49.4 Å². The maximum Gasteiger partial charge on any atom is 0.279 e. The average Bonchev–Trinajstić information content (AvgIpc) is 3.07. The number of carbonyl (C=O) groups excluding carboxylic acids is 2. The molecule has 0 saturated heterocycles. The first-order valence-electron chi connectivity index (χ1n) is 9.06. The lowest BCUT2D eigenvalue weighted by molar-refractivity contribution is 0.0847. The molecule has 6 nitrogen and oxygen atoms in total. The summed E-state index contributed by atoms with van der Waals surface area (Å²) in [6.45, 7) is 0. The highest BCUT2D eigenvalue weighted by Crippen LogP contribution is 2.28. The van der Waals surface area contributed by atoms with Crippen LogP contribution in [-0.2, 0) is 12.8 Å². The number of thiophene rings is 1. The highest BCUT2D eigenvalue weighted by Gasteiger charge is 2.18. The molecule has 2 amide bonds. The molecule has 1 aromatic heterocycles. The first kappa shape index (κ1) is 19.2. The number of hydrogen-bond donors (Lipinski definition) is 2. The molecule has 27 heavy (non-hydrogen) atoms. The van der Waals surface area contributed by atoms with Gasteiger partial charge in [-0.1, -0.05) is 12.8 Å². The largest absolute Gasteiger partial charge is 0.497 e. The maximum atomic E-state index is 12.5. The van der Waals surface area contributed by atoms with E-state index in [1.807, 2.05) is 6.07 Å². The molecule has 0 spiro atoms. The highest BCUT2D eigenvalue weighted by molar-refractivity contribution is 7.14. The normalized spacial score (nSPS) is 13.7. The lowest BCUT2D eigenvalue weighted by Gasteiger charge is -2.11. The van der Waals surface area contributed by atoms with Crippen LogP contribution < -0.4 is 20.3 Å². The molecule has 0 radical (unpaired) electrons. The minimum absolute atomic E-state index is 0.299. The summed E-state index contributed by atoms with van der Waals surface area (Å²) in [7, 11) is 3.02. The van der Waals surface area contributed by atoms with Crippen molar-refractivity contribution >= 4 is 23.2 Å². The fourth-order valence-corrected chi connectivity index (χ4v) is 4.33. The van der Waals surface area contributed by atoms with Gasteiger partial charge in [-0.15, -0.1) is 11.3 Å². The molecule has 0 saturated carbocycles. The highest BCUT2D eigenvalue weighted by atomic mass is 32.1. The van der Waals surface area contributed by atoms with Gasteiger partial charge in [0.05, 0.1) is 24.7 Å². The Morgan fingerprint density at radius 1 is 0.926 bits per heavy atom. The van der Waals surface area contributed by atoms with Gasteiger partial charge in [0.2, 0.25) is 0 Å². The number of hydrogen-bond acceptors (Lipinski definition) is 5. The van der Waals surface area contributed by atoms with E-state index in [1.165, 1.54) is 54.6 Å². The minimum Gasteiger partial charge on any atom is -0.497 e. The molecule has 0 unspecified atom stereocenters. The minimum atomic E-state index is -0.447. The smallest absolute Gasteiger partial charge is 0.279 e. The predicted octanol–water partition coefficient (Wildman–Crippen LogP) is 3.50. The van der Waals surface area contributed by atoms with E-state index in [0.717, 1.165) is 12.8 Å². The number of hydrazine groups is 1. The van der Waals surface area contributed by atoms with Crippen LogP contribution >= 0.6 is 11.3 Å². The average molecular weight is 388 g/mol. The molecule has 1 aromatic carbocycles. The summed E-state index contributed by atoms with van der Waals surface area (Å²) in [5.74, 6) is 0.217. The number of methoxy groups -OCH3 is 2. The Morgan fingerprint density at radius 2 is 1.67 bits per heavy atom. The zero-order chi connectivity index (χ0) is 19.2. The van der Waals surface area contributed by atoms with Crippen molar-refractivity contribution in [1.82, 2.24) is 10.9 Å². The zero-order valence-corrected chi connectivity index (χ0v) is 16.4. The number of fused-ring (bicyclic) bond motifs is 1. The number of aryl methyl sites for hydroxylation is 2. The van der Waals surface area contributed by atoms with E-state index in [9.17, 15) is 9.59 Å². The Morgan fingerprint density at radius 3 is 2.41 bits per heavy atom. The molecule has 1 aliphatic carbocycles. The molecule has 0 atom stereocenters. The van der Waals surface area contributed by atoms with Gasteiger partial charge in [0.1, 0.15) is 11.5 Å². The summed E-state index contributed by atoms with van der Waals surface area (Å²) in [5, 5.41) is 0. The third-order valence-electron chi connectivity index (χ3n) is 4.66. The van der Waals surface area contributed by atoms with Crippen molar-refractivity contribution in [3.05, 3.63) is 45.1 Å². The number of ether oxygens (including phenoxy) is 2. The maximum absolute atomic E-state index is 12.5. The van der Waals surface area contributed by atoms with Gasteiger partial charge in [0.15, 0.2) is 0 Å². The molecule has 2 N–H and O–H groups in total. The van der Waals surface area contributed by atoms with Gasteiger partial charge in [0.25, 0.3) is 11.8 Å². The molecular weight excluding hydrogens is 364 g/mol. The summed E-state index contributed by atoms with van der Waals surface area (Å²) in [6, 6.07) is 6.84. The van der Waals surface area contributed by atoms with Crippen LogP contribution in [-0.4, -0.2) is 26.0 Å². The van der Waals surface area contributed by atoms with E-state index < -0.39 is 5.91 Å². The van der Waals surface area contributed by atoms with Gasteiger partial charge in [-0.2, -0.15) is 0 Å². The van der Waals surface area contributed by atoms with Crippen LogP contribution in [0.4, 0.5) is 0 Å². The number of amides is 2. The van der Waals surface area contributed by atoms with Gasteiger partial charge in [-0.25, -0.2) is 0 Å². The molecule has 0 aliphatic heterocycles. The van der Waals surface area contributed by atoms with Gasteiger partial charge < -0.3 is 9.47 Å². The topological polar surface area (TPSA) is 76.7 Å². The van der Waals surface area contributed by atoms with E-state index >= 15 is 0 Å². The van der Waals surface area contributed by atoms with Crippen LogP contribution in [0.2, 0.25) is 0 Å². The van der Waals surface area contributed by atoms with Crippen molar-refractivity contribution in [2.75, 3.05) is 14.2 Å². The quantitative estimate of drug-likeness (QED) is 0.786. The van der Waals surface area contributed by atoms with E-state index in [1.54, 1.807) is 25.3 Å². The summed E-state index contributed by atoms with van der Waals surface area (Å²) in [6.07, 6.45) is 6.88. The Hall–Kier alpha value is -2.54. The SMILES string of the molecule is COc1ccc(C(=O)NNC(=O)c2cc3c(s2)CCCCCC3)c(OC)c1. The summed E-state index contributed by atoms with van der Waals surface area (Å²) >= 11 is 1.52. The second kappa shape index (κ2) is 8.90. The van der Waals surface area contributed by atoms with Crippen LogP contribution in [0, 0.1) is 0 Å². The van der Waals surface area contributed by atoms with E-state index in [0.29, 0.717) is 21.9 Å². The van der Waals surface area contributed by atoms with Crippen LogP contribution in [0.15, 0.2) is 24.3 Å². The Labute approximate surface area is 162 Å². The standard InChI is InChI=1S/C20H24N2O4S/c1-25-14-9-10-15(16(12-14)26-2)19(23)21-22-20(24)18-11-13-7-5-3-4-6-8-17(13)27-18/h9-12H,3-8H2,1-2H3,(H,21,23)(H,22,24). The Kier molecular flexibility index (Phi) is 6.34. The third-order valence-corrected chi connectivity index (χ3v) is 5.90. The molecule has 144 valence electrons. The summed E-state index contributed by atoms with van der Waals surface area (Å²) in [5.41, 5.74) is 6.55. The number of benzene rings is 1. The second-order valence-corrected chi connectivity index (χ2v) is 7.58. The molecule has 3 rings (SSSR count). The zero-order valence-electron chi connectivity index (χ0n) is 15.6. The van der Waals surface area contributed by atoms with Crippen LogP contribution in [0.3, 0.4) is 0 Å². The van der Waals surface area contributed by atoms with Crippen molar-refractivity contribution in [3.8, 4) is 11.5 Å². The van der Waals surface area contributed by atoms with E-state index in [-0.39, 0.29) is 5.91 Å². The number of rotatable bonds is 4. The van der Waals surface area contributed by atoms with E-state index in [2.05, 4.69) is 10.9 Å². The van der Waals surface area contributed by atoms with Gasteiger partial charge in [0, 0.05) is 10.9 Å². The number of nitrogens with one attached hydrogen (secondary N) is 2. The summed E-state index contributed by atoms with van der Waals surface area (Å²) < 4.78 is 10.4. The van der Waals surface area contributed by atoms with Crippen LogP contribution in [0.5, 0.6) is 11.5 Å². The van der Waals surface area contributed by atoms with E-state index in [4.69, 9.17) is 9.47 Å². The molecule has 0 fully saturated rings. The first-order valence-corrected chi connectivity index (χ1v) is 9.88. The molecular formula is C20H24N2O4S. The van der Waals surface area contributed by atoms with Crippen LogP contribution in [0.25, 0.3) is 0 Å². The summed E-state index contributed by atoms with van der Waals surface area (Å²) in [4.78, 5) is 26.8. The Bertz CT molecular complexity index is 806. The molecule has 7 heteroatoms. The number of carbonyl (C=O) groups is 2. The molecule has 1 heterocycles. The monoisotopic (exact) mass is 388 g/mol. The van der Waals surface area contributed by atoms with Crippen molar-refractivity contribution in [1.29, 1.82) is 0 Å². The molecule has 0 bridgehead atoms. The molecule has 1 aliphatic rings. The van der Waals surface area contributed by atoms with Crippen molar-refractivity contribution in [2.24, 2.45) is 0 Å². The lowest BCUT2D eigenvalue weighted by atomic mass is 10.00. The Balaban J connectivity index is 1.65. The third kappa shape index (κ3) is 4.60. The van der Waals surface area contributed by atoms with Gasteiger partial charge in [-0.3, -0.25) is 20.4 Å². The van der Waals surface area contributed by atoms with Crippen molar-refractivity contribution in [3.63, 3.8) is 0 Å². The first-order chi connectivity index (χ1) is 13.1. The van der Waals surface area contributed by atoms with Gasteiger partial charge >= 0.3 is 0 Å². The van der Waals surface area contributed by atoms with Crippen LogP contribution in [0.1, 0.15) is 56.2 Å². The second-order valence-electron chi connectivity index (χ2n) is 6.45. The van der Waals surface area contributed by atoms with Crippen molar-refractivity contribution < 1.29 is 19.1 Å². The molecule has 2 aromatic rings. The predicted molar refractivity (Wildman–Crippen MR) is 105 cm³/mol. The fraction of sp³-hybridized carbons (Fsp3) is 0.400.